The number of carbonyl (C=O) groups excluding carboxylic acids is 1. The minimum Gasteiger partial charge on any atom is -0.443 e. The molecule has 1 unspecified atom stereocenters. The van der Waals surface area contributed by atoms with Crippen molar-refractivity contribution >= 4 is 5.91 Å². The first kappa shape index (κ1) is 30.7. The highest BCUT2D eigenvalue weighted by Gasteiger charge is 2.45. The Kier molecular flexibility index (Phi) is 10.5. The monoisotopic (exact) mass is 567 g/mol. The second-order valence-electron chi connectivity index (χ2n) is 11.0. The van der Waals surface area contributed by atoms with E-state index < -0.39 is 37.3 Å². The van der Waals surface area contributed by atoms with E-state index in [4.69, 9.17) is 15.2 Å². The number of benzene rings is 2. The van der Waals surface area contributed by atoms with E-state index in [2.05, 4.69) is 22.3 Å². The number of amides is 1. The van der Waals surface area contributed by atoms with Crippen LogP contribution in [0, 0.1) is 5.92 Å². The second-order valence-corrected chi connectivity index (χ2v) is 11.0. The number of ether oxygens (including phenoxy) is 2. The summed E-state index contributed by atoms with van der Waals surface area (Å²) in [6.07, 6.45) is -3.53. The van der Waals surface area contributed by atoms with Crippen molar-refractivity contribution in [2.45, 2.75) is 82.6 Å². The highest BCUT2D eigenvalue weighted by Crippen LogP contribution is 2.31. The number of H-pyrrole nitrogens is 1. The molecule has 3 aromatic rings. The van der Waals surface area contributed by atoms with Gasteiger partial charge >= 0.3 is 0 Å². The summed E-state index contributed by atoms with van der Waals surface area (Å²) in [6.45, 7) is 3.49. The number of hydrogen-bond donors (Lipinski definition) is 6. The lowest BCUT2D eigenvalue weighted by atomic mass is 9.92. The third-order valence-corrected chi connectivity index (χ3v) is 7.73. The maximum Gasteiger partial charge on any atom is 0.238 e. The maximum absolute atomic E-state index is 12.1. The fourth-order valence-electron chi connectivity index (χ4n) is 5.17. The Balaban J connectivity index is 1.41. The van der Waals surface area contributed by atoms with Crippen molar-refractivity contribution in [1.29, 1.82) is 0 Å². The number of rotatable bonds is 13. The van der Waals surface area contributed by atoms with Crippen LogP contribution in [0.25, 0.3) is 0 Å². The summed E-state index contributed by atoms with van der Waals surface area (Å²) < 4.78 is 11.4. The van der Waals surface area contributed by atoms with Gasteiger partial charge in [-0.15, -0.1) is 5.10 Å². The topological polar surface area (TPSA) is 171 Å². The molecule has 1 amide bonds. The number of aromatic amines is 1. The van der Waals surface area contributed by atoms with E-state index in [1.807, 2.05) is 56.3 Å². The predicted molar refractivity (Wildman–Crippen MR) is 152 cm³/mol. The van der Waals surface area contributed by atoms with Crippen molar-refractivity contribution in [1.82, 2.24) is 10.2 Å². The molecule has 4 rings (SSSR count). The molecule has 6 atom stereocenters. The third kappa shape index (κ3) is 7.72. The molecule has 41 heavy (non-hydrogen) atoms. The zero-order valence-electron chi connectivity index (χ0n) is 23.5. The standard InChI is InChI=1S/C31H41N3O7/c1-18(2)25-23(30(34-33-25)41-31-28(38)27(37)26(36)24(17-35)40-31)16-21-10-8-20(9-11-21)13-15-22(29(32)39)14-12-19-6-4-3-5-7-19/h3-11,18,22,24,26-28,31,35-38H,12-17H2,1-2H3,(H2,32,39)(H,33,34)/t22?,24-,26-,27+,28-,31+/m1/s1. The van der Waals surface area contributed by atoms with E-state index in [0.717, 1.165) is 35.2 Å². The molecule has 222 valence electrons. The number of nitrogens with zero attached hydrogens (tertiary/aromatic N) is 1. The number of hydrogen-bond acceptors (Lipinski definition) is 8. The zero-order chi connectivity index (χ0) is 29.5. The number of aryl methyl sites for hydroxylation is 2. The number of nitrogens with one attached hydrogen (secondary N) is 1. The molecule has 10 heteroatoms. The van der Waals surface area contributed by atoms with Gasteiger partial charge in [0.05, 0.1) is 6.61 Å². The molecule has 0 spiro atoms. The number of aliphatic hydroxyl groups is 4. The largest absolute Gasteiger partial charge is 0.443 e. The fourth-order valence-corrected chi connectivity index (χ4v) is 5.17. The summed E-state index contributed by atoms with van der Waals surface area (Å²) in [6, 6.07) is 18.2. The smallest absolute Gasteiger partial charge is 0.238 e. The van der Waals surface area contributed by atoms with Gasteiger partial charge in [-0.3, -0.25) is 9.89 Å². The summed E-state index contributed by atoms with van der Waals surface area (Å²) in [5, 5.41) is 47.4. The molecule has 10 nitrogen and oxygen atoms in total. The van der Waals surface area contributed by atoms with E-state index in [0.29, 0.717) is 19.3 Å². The van der Waals surface area contributed by atoms with Gasteiger partial charge < -0.3 is 35.6 Å². The second kappa shape index (κ2) is 14.1. The van der Waals surface area contributed by atoms with Crippen LogP contribution in [-0.2, 0) is 28.8 Å². The van der Waals surface area contributed by atoms with Gasteiger partial charge in [-0.2, -0.15) is 0 Å². The molecule has 0 aliphatic carbocycles. The molecule has 0 radical (unpaired) electrons. The van der Waals surface area contributed by atoms with Crippen LogP contribution < -0.4 is 10.5 Å². The molecule has 1 fully saturated rings. The molecule has 1 aromatic heterocycles. The maximum atomic E-state index is 12.1. The van der Waals surface area contributed by atoms with Crippen molar-refractivity contribution < 1.29 is 34.7 Å². The molecular formula is C31H41N3O7. The van der Waals surface area contributed by atoms with Crippen LogP contribution >= 0.6 is 0 Å². The van der Waals surface area contributed by atoms with Crippen LogP contribution in [-0.4, -0.2) is 73.8 Å². The van der Waals surface area contributed by atoms with E-state index in [1.54, 1.807) is 0 Å². The van der Waals surface area contributed by atoms with Crippen molar-refractivity contribution in [2.24, 2.45) is 11.7 Å². The fraction of sp³-hybridized carbons (Fsp3) is 0.484. The Morgan fingerprint density at radius 2 is 1.56 bits per heavy atom. The van der Waals surface area contributed by atoms with Crippen LogP contribution in [0.2, 0.25) is 0 Å². The first-order valence-electron chi connectivity index (χ1n) is 14.1. The van der Waals surface area contributed by atoms with Gasteiger partial charge in [0.25, 0.3) is 0 Å². The Bertz CT molecular complexity index is 1250. The first-order valence-corrected chi connectivity index (χ1v) is 14.1. The van der Waals surface area contributed by atoms with E-state index >= 15 is 0 Å². The molecule has 1 aliphatic heterocycles. The molecule has 2 heterocycles. The Labute approximate surface area is 240 Å². The summed E-state index contributed by atoms with van der Waals surface area (Å²) in [5.41, 5.74) is 10.6. The van der Waals surface area contributed by atoms with Crippen molar-refractivity contribution in [3.8, 4) is 5.88 Å². The number of aromatic nitrogens is 2. The van der Waals surface area contributed by atoms with Gasteiger partial charge in [-0.05, 0) is 48.3 Å². The molecule has 2 aromatic carbocycles. The lowest BCUT2D eigenvalue weighted by Crippen LogP contribution is -2.60. The molecule has 0 bridgehead atoms. The van der Waals surface area contributed by atoms with E-state index in [1.165, 1.54) is 5.56 Å². The van der Waals surface area contributed by atoms with Gasteiger partial charge in [0, 0.05) is 23.6 Å². The number of aliphatic hydroxyl groups excluding tert-OH is 4. The van der Waals surface area contributed by atoms with Crippen molar-refractivity contribution in [3.05, 3.63) is 82.5 Å². The van der Waals surface area contributed by atoms with Gasteiger partial charge in [-0.1, -0.05) is 68.4 Å². The highest BCUT2D eigenvalue weighted by molar-refractivity contribution is 5.76. The lowest BCUT2D eigenvalue weighted by Gasteiger charge is -2.39. The average Bonchev–Trinajstić information content (AvgIpc) is 3.36. The Hall–Kier alpha value is -3.28. The van der Waals surface area contributed by atoms with Gasteiger partial charge in [0.15, 0.2) is 0 Å². The normalized spacial score (nSPS) is 23.4. The van der Waals surface area contributed by atoms with E-state index in [9.17, 15) is 25.2 Å². The highest BCUT2D eigenvalue weighted by atomic mass is 16.7. The number of carbonyl (C=O) groups is 1. The SMILES string of the molecule is CC(C)c1[nH]nc(O[C@@H]2O[C@H](CO)[C@@H](O)[C@H](O)[C@H]2O)c1Cc1ccc(CCC(CCc2ccccc2)C(N)=O)cc1. The summed E-state index contributed by atoms with van der Waals surface area (Å²) in [7, 11) is 0. The minimum absolute atomic E-state index is 0.102. The number of nitrogens with two attached hydrogens (primary N) is 1. The van der Waals surface area contributed by atoms with Crippen LogP contribution in [0.3, 0.4) is 0 Å². The summed E-state index contributed by atoms with van der Waals surface area (Å²) in [5.74, 6) is -0.155. The predicted octanol–water partition coefficient (Wildman–Crippen LogP) is 1.97. The van der Waals surface area contributed by atoms with Gasteiger partial charge in [-0.25, -0.2) is 0 Å². The molecule has 1 aliphatic rings. The van der Waals surface area contributed by atoms with Crippen molar-refractivity contribution in [2.75, 3.05) is 6.61 Å². The summed E-state index contributed by atoms with van der Waals surface area (Å²) >= 11 is 0. The average molecular weight is 568 g/mol. The van der Waals surface area contributed by atoms with Gasteiger partial charge in [0.1, 0.15) is 24.4 Å². The molecular weight excluding hydrogens is 526 g/mol. The van der Waals surface area contributed by atoms with Crippen LogP contribution in [0.5, 0.6) is 5.88 Å². The molecule has 0 saturated carbocycles. The number of primary amides is 1. The molecule has 7 N–H and O–H groups in total. The Morgan fingerprint density at radius 1 is 0.951 bits per heavy atom. The van der Waals surface area contributed by atoms with Crippen LogP contribution in [0.15, 0.2) is 54.6 Å². The van der Waals surface area contributed by atoms with Crippen molar-refractivity contribution in [3.63, 3.8) is 0 Å². The van der Waals surface area contributed by atoms with Crippen LogP contribution in [0.4, 0.5) is 0 Å². The molecule has 1 saturated heterocycles. The quantitative estimate of drug-likeness (QED) is 0.182. The van der Waals surface area contributed by atoms with E-state index in [-0.39, 0.29) is 23.6 Å². The zero-order valence-corrected chi connectivity index (χ0v) is 23.5. The third-order valence-electron chi connectivity index (χ3n) is 7.73. The summed E-state index contributed by atoms with van der Waals surface area (Å²) in [4.78, 5) is 12.1. The minimum atomic E-state index is -1.54. The van der Waals surface area contributed by atoms with Crippen LogP contribution in [0.1, 0.15) is 60.6 Å². The Morgan fingerprint density at radius 3 is 2.15 bits per heavy atom. The first-order chi connectivity index (χ1) is 19.7. The van der Waals surface area contributed by atoms with Gasteiger partial charge in [0.2, 0.25) is 18.1 Å². The lowest BCUT2D eigenvalue weighted by molar-refractivity contribution is -0.278.